The summed E-state index contributed by atoms with van der Waals surface area (Å²) in [6.45, 7) is 4.71. The summed E-state index contributed by atoms with van der Waals surface area (Å²) < 4.78 is 10.6. The van der Waals surface area contributed by atoms with Crippen LogP contribution in [0.1, 0.15) is 27.9 Å². The van der Waals surface area contributed by atoms with E-state index in [0.29, 0.717) is 40.2 Å². The molecule has 0 spiro atoms. The molecule has 0 saturated carbocycles. The molecule has 0 fully saturated rings. The lowest BCUT2D eigenvalue weighted by Gasteiger charge is -2.21. The number of ether oxygens (including phenoxy) is 2. The van der Waals surface area contributed by atoms with Crippen LogP contribution in [0.3, 0.4) is 0 Å². The first kappa shape index (κ1) is 23.3. The number of carbonyl (C=O) groups excluding carboxylic acids is 2. The molecule has 32 heavy (non-hydrogen) atoms. The SMILES string of the molecule is CCN(Cc1ccccc1)C(=O)CNC(=O)c1sc(-c2ccc(OC)c(OC)c2)nc1C. The van der Waals surface area contributed by atoms with Gasteiger partial charge in [0.05, 0.1) is 26.5 Å². The number of likely N-dealkylation sites (N-methyl/N-ethyl adjacent to an activating group) is 1. The zero-order valence-corrected chi connectivity index (χ0v) is 19.5. The first-order valence-electron chi connectivity index (χ1n) is 10.3. The molecule has 8 heteroatoms. The van der Waals surface area contributed by atoms with E-state index in [-0.39, 0.29) is 18.4 Å². The number of carbonyl (C=O) groups is 2. The number of aromatic nitrogens is 1. The highest BCUT2D eigenvalue weighted by Gasteiger charge is 2.19. The van der Waals surface area contributed by atoms with E-state index >= 15 is 0 Å². The number of thiazole rings is 1. The minimum atomic E-state index is -0.309. The Labute approximate surface area is 192 Å². The van der Waals surface area contributed by atoms with Gasteiger partial charge in [-0.2, -0.15) is 0 Å². The van der Waals surface area contributed by atoms with Crippen molar-refractivity contribution in [3.05, 3.63) is 64.7 Å². The van der Waals surface area contributed by atoms with Gasteiger partial charge in [0.25, 0.3) is 5.91 Å². The summed E-state index contributed by atoms with van der Waals surface area (Å²) in [5.74, 6) is 0.771. The van der Waals surface area contributed by atoms with Crippen molar-refractivity contribution in [2.75, 3.05) is 27.3 Å². The number of amides is 2. The van der Waals surface area contributed by atoms with E-state index < -0.39 is 0 Å². The third kappa shape index (κ3) is 5.45. The van der Waals surface area contributed by atoms with E-state index in [1.807, 2.05) is 49.4 Å². The molecule has 3 rings (SSSR count). The maximum absolute atomic E-state index is 12.8. The fourth-order valence-corrected chi connectivity index (χ4v) is 4.21. The topological polar surface area (TPSA) is 80.8 Å². The molecule has 0 aliphatic heterocycles. The highest BCUT2D eigenvalue weighted by atomic mass is 32.1. The average Bonchev–Trinajstić information content (AvgIpc) is 3.22. The fraction of sp³-hybridized carbons (Fsp3) is 0.292. The Bertz CT molecular complexity index is 1080. The van der Waals surface area contributed by atoms with Crippen LogP contribution >= 0.6 is 11.3 Å². The molecular formula is C24H27N3O4S. The molecule has 1 heterocycles. The van der Waals surface area contributed by atoms with Crippen molar-refractivity contribution in [1.82, 2.24) is 15.2 Å². The van der Waals surface area contributed by atoms with Crippen molar-refractivity contribution in [2.24, 2.45) is 0 Å². The molecule has 1 N–H and O–H groups in total. The molecule has 168 valence electrons. The number of benzene rings is 2. The van der Waals surface area contributed by atoms with E-state index in [9.17, 15) is 9.59 Å². The molecule has 0 unspecified atom stereocenters. The van der Waals surface area contributed by atoms with Gasteiger partial charge in [-0.3, -0.25) is 9.59 Å². The van der Waals surface area contributed by atoms with Crippen molar-refractivity contribution in [2.45, 2.75) is 20.4 Å². The Morgan fingerprint density at radius 1 is 1.06 bits per heavy atom. The lowest BCUT2D eigenvalue weighted by Crippen LogP contribution is -2.39. The Hall–Kier alpha value is -3.39. The van der Waals surface area contributed by atoms with Crippen molar-refractivity contribution >= 4 is 23.2 Å². The monoisotopic (exact) mass is 453 g/mol. The first-order chi connectivity index (χ1) is 15.5. The van der Waals surface area contributed by atoms with Gasteiger partial charge in [0.2, 0.25) is 5.91 Å². The fourth-order valence-electron chi connectivity index (χ4n) is 3.23. The van der Waals surface area contributed by atoms with Gasteiger partial charge in [0, 0.05) is 18.7 Å². The summed E-state index contributed by atoms with van der Waals surface area (Å²) in [4.78, 5) is 32.1. The number of aryl methyl sites for hydroxylation is 1. The summed E-state index contributed by atoms with van der Waals surface area (Å²) in [6, 6.07) is 15.3. The molecule has 2 amide bonds. The Morgan fingerprint density at radius 2 is 1.78 bits per heavy atom. The van der Waals surface area contributed by atoms with Crippen LogP contribution in [0.5, 0.6) is 11.5 Å². The molecule has 2 aromatic carbocycles. The predicted octanol–water partition coefficient (Wildman–Crippen LogP) is 3.91. The lowest BCUT2D eigenvalue weighted by molar-refractivity contribution is -0.130. The standard InChI is InChI=1S/C24H27N3O4S/c1-5-27(15-17-9-7-6-8-10-17)21(28)14-25-23(29)22-16(2)26-24(32-22)18-11-12-19(30-3)20(13-18)31-4/h6-13H,5,14-15H2,1-4H3,(H,25,29). The maximum atomic E-state index is 12.8. The number of nitrogens with one attached hydrogen (secondary N) is 1. The highest BCUT2D eigenvalue weighted by molar-refractivity contribution is 7.17. The largest absolute Gasteiger partial charge is 0.493 e. The number of methoxy groups -OCH3 is 2. The van der Waals surface area contributed by atoms with Gasteiger partial charge in [0.1, 0.15) is 9.88 Å². The van der Waals surface area contributed by atoms with Gasteiger partial charge < -0.3 is 19.7 Å². The van der Waals surface area contributed by atoms with E-state index in [1.165, 1.54) is 11.3 Å². The van der Waals surface area contributed by atoms with Crippen LogP contribution in [-0.2, 0) is 11.3 Å². The van der Waals surface area contributed by atoms with Crippen molar-refractivity contribution < 1.29 is 19.1 Å². The van der Waals surface area contributed by atoms with Crippen molar-refractivity contribution in [1.29, 1.82) is 0 Å². The maximum Gasteiger partial charge on any atom is 0.263 e. The molecule has 0 aliphatic rings. The van der Waals surface area contributed by atoms with Gasteiger partial charge in [-0.1, -0.05) is 30.3 Å². The van der Waals surface area contributed by atoms with Crippen LogP contribution in [-0.4, -0.2) is 49.0 Å². The molecule has 0 aliphatic carbocycles. The second-order valence-corrected chi connectivity index (χ2v) is 8.08. The molecule has 0 radical (unpaired) electrons. The molecule has 0 bridgehead atoms. The van der Waals surface area contributed by atoms with Crippen LogP contribution in [0.4, 0.5) is 0 Å². The Morgan fingerprint density at radius 3 is 2.44 bits per heavy atom. The van der Waals surface area contributed by atoms with Gasteiger partial charge >= 0.3 is 0 Å². The summed E-state index contributed by atoms with van der Waals surface area (Å²) in [5, 5.41) is 3.44. The minimum absolute atomic E-state index is 0.0669. The minimum Gasteiger partial charge on any atom is -0.493 e. The quantitative estimate of drug-likeness (QED) is 0.531. The number of hydrogen-bond donors (Lipinski definition) is 1. The van der Waals surface area contributed by atoms with Crippen molar-refractivity contribution in [3.8, 4) is 22.1 Å². The van der Waals surface area contributed by atoms with E-state index in [4.69, 9.17) is 9.47 Å². The third-order valence-electron chi connectivity index (χ3n) is 4.98. The lowest BCUT2D eigenvalue weighted by atomic mass is 10.2. The summed E-state index contributed by atoms with van der Waals surface area (Å²) in [5.41, 5.74) is 2.49. The third-order valence-corrected chi connectivity index (χ3v) is 6.19. The van der Waals surface area contributed by atoms with E-state index in [1.54, 1.807) is 32.1 Å². The number of hydrogen-bond acceptors (Lipinski definition) is 6. The molecule has 0 atom stereocenters. The molecule has 1 aromatic heterocycles. The van der Waals surface area contributed by atoms with Crippen LogP contribution < -0.4 is 14.8 Å². The van der Waals surface area contributed by atoms with E-state index in [0.717, 1.165) is 11.1 Å². The van der Waals surface area contributed by atoms with Gasteiger partial charge in [-0.05, 0) is 37.6 Å². The highest BCUT2D eigenvalue weighted by Crippen LogP contribution is 2.34. The summed E-state index contributed by atoms with van der Waals surface area (Å²) in [7, 11) is 3.15. The molecular weight excluding hydrogens is 426 g/mol. The molecule has 0 saturated heterocycles. The van der Waals surface area contributed by atoms with Crippen LogP contribution in [0.2, 0.25) is 0 Å². The average molecular weight is 454 g/mol. The van der Waals surface area contributed by atoms with Crippen LogP contribution in [0, 0.1) is 6.92 Å². The van der Waals surface area contributed by atoms with Crippen LogP contribution in [0.15, 0.2) is 48.5 Å². The first-order valence-corrected chi connectivity index (χ1v) is 11.1. The van der Waals surface area contributed by atoms with Crippen molar-refractivity contribution in [3.63, 3.8) is 0 Å². The van der Waals surface area contributed by atoms with Gasteiger partial charge in [-0.15, -0.1) is 11.3 Å². The Kier molecular flexibility index (Phi) is 7.83. The second-order valence-electron chi connectivity index (χ2n) is 7.08. The number of rotatable bonds is 9. The van der Waals surface area contributed by atoms with E-state index in [2.05, 4.69) is 10.3 Å². The zero-order valence-electron chi connectivity index (χ0n) is 18.7. The van der Waals surface area contributed by atoms with Gasteiger partial charge in [0.15, 0.2) is 11.5 Å². The van der Waals surface area contributed by atoms with Crippen LogP contribution in [0.25, 0.3) is 10.6 Å². The predicted molar refractivity (Wildman–Crippen MR) is 125 cm³/mol. The smallest absolute Gasteiger partial charge is 0.263 e. The molecule has 7 nitrogen and oxygen atoms in total. The zero-order chi connectivity index (χ0) is 23.1. The summed E-state index contributed by atoms with van der Waals surface area (Å²) in [6.07, 6.45) is 0. The summed E-state index contributed by atoms with van der Waals surface area (Å²) >= 11 is 1.28. The molecule has 3 aromatic rings. The Balaban J connectivity index is 1.67. The second kappa shape index (κ2) is 10.8. The van der Waals surface area contributed by atoms with Gasteiger partial charge in [-0.25, -0.2) is 4.98 Å². The normalized spacial score (nSPS) is 10.5. The number of nitrogens with zero attached hydrogens (tertiary/aromatic N) is 2.